The molecule has 1 aromatic carbocycles. The lowest BCUT2D eigenvalue weighted by Gasteiger charge is -2.55. The second-order valence-corrected chi connectivity index (χ2v) is 5.37. The third-order valence-corrected chi connectivity index (χ3v) is 4.34. The molecule has 3 nitrogen and oxygen atoms in total. The van der Waals surface area contributed by atoms with Crippen LogP contribution in [0.1, 0.15) is 38.2 Å². The van der Waals surface area contributed by atoms with Gasteiger partial charge in [0.05, 0.1) is 12.7 Å². The molecule has 1 heterocycles. The number of benzene rings is 1. The predicted octanol–water partition coefficient (Wildman–Crippen LogP) is 3.03. The first kappa shape index (κ1) is 12.7. The molecule has 19 heavy (non-hydrogen) atoms. The van der Waals surface area contributed by atoms with Crippen LogP contribution in [-0.2, 0) is 19.9 Å². The normalized spacial score (nSPS) is 33.1. The number of carbonyl (C=O) groups is 1. The van der Waals surface area contributed by atoms with Crippen molar-refractivity contribution in [1.29, 1.82) is 0 Å². The van der Waals surface area contributed by atoms with Crippen LogP contribution >= 0.6 is 0 Å². The summed E-state index contributed by atoms with van der Waals surface area (Å²) in [4.78, 5) is 12.5. The average Bonchev–Trinajstić information content (AvgIpc) is 2.42. The van der Waals surface area contributed by atoms with Crippen LogP contribution in [0.2, 0.25) is 0 Å². The first-order valence-electron chi connectivity index (χ1n) is 7.19. The second-order valence-electron chi connectivity index (χ2n) is 5.37. The molecular weight excluding hydrogens is 240 g/mol. The van der Waals surface area contributed by atoms with Crippen molar-refractivity contribution in [3.63, 3.8) is 0 Å². The van der Waals surface area contributed by atoms with Gasteiger partial charge in [-0.05, 0) is 25.3 Å². The van der Waals surface area contributed by atoms with Crippen molar-refractivity contribution < 1.29 is 14.3 Å². The lowest BCUT2D eigenvalue weighted by atomic mass is 9.66. The van der Waals surface area contributed by atoms with Gasteiger partial charge in [0, 0.05) is 5.92 Å². The summed E-state index contributed by atoms with van der Waals surface area (Å²) in [7, 11) is 0. The Morgan fingerprint density at radius 1 is 1.32 bits per heavy atom. The van der Waals surface area contributed by atoms with Crippen LogP contribution in [0.4, 0.5) is 0 Å². The highest BCUT2D eigenvalue weighted by Gasteiger charge is 2.62. The van der Waals surface area contributed by atoms with Crippen molar-refractivity contribution in [2.24, 2.45) is 5.92 Å². The van der Waals surface area contributed by atoms with Crippen LogP contribution in [0.15, 0.2) is 30.3 Å². The molecule has 0 bridgehead atoms. The first-order chi connectivity index (χ1) is 9.29. The summed E-state index contributed by atoms with van der Waals surface area (Å²) in [6, 6.07) is 9.81. The molecule has 0 aromatic heterocycles. The van der Waals surface area contributed by atoms with Gasteiger partial charge in [0.2, 0.25) is 0 Å². The van der Waals surface area contributed by atoms with Crippen molar-refractivity contribution >= 4 is 5.97 Å². The van der Waals surface area contributed by atoms with Crippen LogP contribution in [0.25, 0.3) is 0 Å². The molecule has 0 unspecified atom stereocenters. The zero-order chi connectivity index (χ0) is 13.3. The van der Waals surface area contributed by atoms with E-state index in [1.54, 1.807) is 0 Å². The van der Waals surface area contributed by atoms with E-state index in [0.717, 1.165) is 18.4 Å². The number of esters is 1. The number of hydrogen-bond donors (Lipinski definition) is 0. The summed E-state index contributed by atoms with van der Waals surface area (Å²) < 4.78 is 11.3. The topological polar surface area (TPSA) is 35.5 Å². The van der Waals surface area contributed by atoms with E-state index in [9.17, 15) is 4.79 Å². The number of ether oxygens (including phenoxy) is 2. The van der Waals surface area contributed by atoms with Gasteiger partial charge in [-0.2, -0.15) is 0 Å². The highest BCUT2D eigenvalue weighted by molar-refractivity contribution is 5.83. The number of rotatable bonds is 3. The maximum absolute atomic E-state index is 12.5. The Balaban J connectivity index is 1.95. The van der Waals surface area contributed by atoms with Gasteiger partial charge in [-0.3, -0.25) is 0 Å². The molecule has 0 N–H and O–H groups in total. The SMILES string of the molecule is CCOC(=O)[C@@]1(c2ccccc2)O[C@H]2CCCC[C@H]21. The average molecular weight is 260 g/mol. The van der Waals surface area contributed by atoms with Crippen molar-refractivity contribution in [3.05, 3.63) is 35.9 Å². The summed E-state index contributed by atoms with van der Waals surface area (Å²) in [5.41, 5.74) is 0.0964. The molecule has 1 saturated carbocycles. The smallest absolute Gasteiger partial charge is 0.343 e. The van der Waals surface area contributed by atoms with E-state index in [-0.39, 0.29) is 18.0 Å². The van der Waals surface area contributed by atoms with Gasteiger partial charge in [0.15, 0.2) is 5.60 Å². The third-order valence-electron chi connectivity index (χ3n) is 4.34. The molecule has 2 aliphatic rings. The Morgan fingerprint density at radius 2 is 2.05 bits per heavy atom. The van der Waals surface area contributed by atoms with Crippen molar-refractivity contribution in [2.45, 2.75) is 44.3 Å². The molecule has 2 fully saturated rings. The largest absolute Gasteiger partial charge is 0.464 e. The Labute approximate surface area is 113 Å². The fourth-order valence-corrected chi connectivity index (χ4v) is 3.48. The summed E-state index contributed by atoms with van der Waals surface area (Å²) in [5, 5.41) is 0. The summed E-state index contributed by atoms with van der Waals surface area (Å²) in [5.74, 6) is 0.0621. The summed E-state index contributed by atoms with van der Waals surface area (Å²) >= 11 is 0. The molecule has 1 aliphatic carbocycles. The van der Waals surface area contributed by atoms with Gasteiger partial charge >= 0.3 is 5.97 Å². The molecule has 1 aromatic rings. The number of carbonyl (C=O) groups excluding carboxylic acids is 1. The molecular formula is C16H20O3. The molecule has 1 aliphatic heterocycles. The lowest BCUT2D eigenvalue weighted by Crippen LogP contribution is -2.63. The van der Waals surface area contributed by atoms with E-state index >= 15 is 0 Å². The summed E-state index contributed by atoms with van der Waals surface area (Å²) in [6.45, 7) is 2.24. The maximum atomic E-state index is 12.5. The van der Waals surface area contributed by atoms with E-state index in [4.69, 9.17) is 9.47 Å². The van der Waals surface area contributed by atoms with E-state index in [1.165, 1.54) is 12.8 Å². The quantitative estimate of drug-likeness (QED) is 0.784. The van der Waals surface area contributed by atoms with E-state index in [1.807, 2.05) is 37.3 Å². The zero-order valence-electron chi connectivity index (χ0n) is 11.3. The Hall–Kier alpha value is -1.35. The monoisotopic (exact) mass is 260 g/mol. The minimum absolute atomic E-state index is 0.218. The van der Waals surface area contributed by atoms with Gasteiger partial charge < -0.3 is 9.47 Å². The van der Waals surface area contributed by atoms with Crippen LogP contribution < -0.4 is 0 Å². The maximum Gasteiger partial charge on any atom is 0.343 e. The van der Waals surface area contributed by atoms with Crippen LogP contribution in [0.5, 0.6) is 0 Å². The minimum atomic E-state index is -0.845. The minimum Gasteiger partial charge on any atom is -0.464 e. The lowest BCUT2D eigenvalue weighted by molar-refractivity contribution is -0.280. The van der Waals surface area contributed by atoms with Crippen molar-refractivity contribution in [2.75, 3.05) is 6.61 Å². The third kappa shape index (κ3) is 1.88. The van der Waals surface area contributed by atoms with Crippen molar-refractivity contribution in [3.8, 4) is 0 Å². The molecule has 1 saturated heterocycles. The van der Waals surface area contributed by atoms with Gasteiger partial charge in [-0.1, -0.05) is 43.2 Å². The fourth-order valence-electron chi connectivity index (χ4n) is 3.48. The van der Waals surface area contributed by atoms with Gasteiger partial charge in [-0.25, -0.2) is 4.79 Å². The van der Waals surface area contributed by atoms with Crippen LogP contribution in [-0.4, -0.2) is 18.7 Å². The Bertz CT molecular complexity index is 456. The van der Waals surface area contributed by atoms with E-state index in [2.05, 4.69) is 0 Å². The highest BCUT2D eigenvalue weighted by atomic mass is 16.6. The van der Waals surface area contributed by atoms with Gasteiger partial charge in [0.1, 0.15) is 0 Å². The molecule has 3 rings (SSSR count). The molecule has 3 atom stereocenters. The molecule has 0 radical (unpaired) electrons. The molecule has 102 valence electrons. The number of fused-ring (bicyclic) bond motifs is 1. The van der Waals surface area contributed by atoms with E-state index in [0.29, 0.717) is 6.61 Å². The molecule has 0 amide bonds. The van der Waals surface area contributed by atoms with Crippen molar-refractivity contribution in [1.82, 2.24) is 0 Å². The molecule has 0 spiro atoms. The van der Waals surface area contributed by atoms with Crippen LogP contribution in [0, 0.1) is 5.92 Å². The fraction of sp³-hybridized carbons (Fsp3) is 0.562. The van der Waals surface area contributed by atoms with Crippen LogP contribution in [0.3, 0.4) is 0 Å². The summed E-state index contributed by atoms with van der Waals surface area (Å²) in [6.07, 6.45) is 4.74. The number of hydrogen-bond acceptors (Lipinski definition) is 3. The van der Waals surface area contributed by atoms with Gasteiger partial charge in [0.25, 0.3) is 0 Å². The second kappa shape index (κ2) is 4.97. The van der Waals surface area contributed by atoms with Gasteiger partial charge in [-0.15, -0.1) is 0 Å². The Kier molecular flexibility index (Phi) is 3.31. The predicted molar refractivity (Wildman–Crippen MR) is 71.6 cm³/mol. The highest BCUT2D eigenvalue weighted by Crippen LogP contribution is 2.53. The standard InChI is InChI=1S/C16H20O3/c1-2-18-15(17)16(12-8-4-3-5-9-12)13-10-6-7-11-14(13)19-16/h3-5,8-9,13-14H,2,6-7,10-11H2,1H3/t13-,14+,16+/m1/s1. The molecule has 3 heteroatoms. The Morgan fingerprint density at radius 3 is 2.74 bits per heavy atom. The van der Waals surface area contributed by atoms with E-state index < -0.39 is 5.60 Å². The zero-order valence-corrected chi connectivity index (χ0v) is 11.3. The first-order valence-corrected chi connectivity index (χ1v) is 7.19.